The van der Waals surface area contributed by atoms with Crippen LogP contribution in [0.4, 0.5) is 5.69 Å². The lowest BCUT2D eigenvalue weighted by Crippen LogP contribution is -1.98. The second kappa shape index (κ2) is 4.22. The van der Waals surface area contributed by atoms with E-state index in [-0.39, 0.29) is 0 Å². The number of aromatic nitrogens is 1. The van der Waals surface area contributed by atoms with Crippen LogP contribution < -0.4 is 5.48 Å². The normalized spacial score (nSPS) is 14.1. The Bertz CT molecular complexity index is 620. The van der Waals surface area contributed by atoms with E-state index in [1.807, 2.05) is 36.6 Å². The number of anilines is 1. The monoisotopic (exact) mass is 224 g/mol. The first-order chi connectivity index (χ1) is 8.45. The maximum Gasteiger partial charge on any atom is 0.119 e. The summed E-state index contributed by atoms with van der Waals surface area (Å²) in [6.07, 6.45) is 13.3. The molecule has 0 saturated carbocycles. The van der Waals surface area contributed by atoms with Crippen molar-refractivity contribution in [2.24, 2.45) is 0 Å². The number of benzene rings is 1. The molecule has 0 unspecified atom stereocenters. The first kappa shape index (κ1) is 9.78. The molecule has 2 aromatic rings. The molecule has 17 heavy (non-hydrogen) atoms. The van der Waals surface area contributed by atoms with Crippen LogP contribution in [-0.2, 0) is 4.84 Å². The van der Waals surface area contributed by atoms with E-state index in [2.05, 4.69) is 28.7 Å². The molecule has 1 aromatic carbocycles. The molecule has 84 valence electrons. The Balaban J connectivity index is 2.19. The van der Waals surface area contributed by atoms with Crippen molar-refractivity contribution in [3.63, 3.8) is 0 Å². The highest BCUT2D eigenvalue weighted by molar-refractivity contribution is 5.93. The molecule has 0 radical (unpaired) electrons. The van der Waals surface area contributed by atoms with Crippen LogP contribution in [0.15, 0.2) is 55.0 Å². The van der Waals surface area contributed by atoms with Crippen LogP contribution in [-0.4, -0.2) is 4.98 Å². The highest BCUT2D eigenvalue weighted by atomic mass is 16.6. The average molecular weight is 224 g/mol. The van der Waals surface area contributed by atoms with Crippen LogP contribution in [0.25, 0.3) is 17.0 Å². The van der Waals surface area contributed by atoms with Crippen LogP contribution >= 0.6 is 0 Å². The average Bonchev–Trinajstić information content (AvgIpc) is 2.83. The second-order valence-corrected chi connectivity index (χ2v) is 3.76. The quantitative estimate of drug-likeness (QED) is 0.717. The van der Waals surface area contributed by atoms with E-state index in [9.17, 15) is 0 Å². The molecular formula is C14H12N2O. The van der Waals surface area contributed by atoms with E-state index < -0.39 is 0 Å². The fraction of sp³-hybridized carbons (Fsp3) is 0. The summed E-state index contributed by atoms with van der Waals surface area (Å²) in [5.74, 6) is 0. The van der Waals surface area contributed by atoms with E-state index in [1.165, 1.54) is 5.39 Å². The Morgan fingerprint density at radius 2 is 1.88 bits per heavy atom. The zero-order chi connectivity index (χ0) is 11.5. The van der Waals surface area contributed by atoms with Crippen molar-refractivity contribution in [2.75, 3.05) is 5.48 Å². The maximum absolute atomic E-state index is 5.23. The Morgan fingerprint density at radius 1 is 0.941 bits per heavy atom. The molecule has 0 spiro atoms. The predicted octanol–water partition coefficient (Wildman–Crippen LogP) is 3.61. The fourth-order valence-electron chi connectivity index (χ4n) is 1.88. The standard InChI is InChI=1S/C14H12N2O/c1-2-4-10-17-16-13-7-6-11-8-9-15-14(11)12(13)5-3-1/h1-10,15-16H. The topological polar surface area (TPSA) is 37.0 Å². The summed E-state index contributed by atoms with van der Waals surface area (Å²) in [7, 11) is 0. The van der Waals surface area contributed by atoms with Crippen molar-refractivity contribution >= 4 is 22.7 Å². The van der Waals surface area contributed by atoms with Crippen molar-refractivity contribution < 1.29 is 4.84 Å². The smallest absolute Gasteiger partial charge is 0.119 e. The minimum Gasteiger partial charge on any atom is -0.390 e. The molecular weight excluding hydrogens is 212 g/mol. The number of fused-ring (bicyclic) bond motifs is 3. The molecule has 1 aliphatic rings. The number of nitrogens with one attached hydrogen (secondary N) is 2. The zero-order valence-corrected chi connectivity index (χ0v) is 9.18. The SMILES string of the molecule is C1=CC=Cc2c(ccc3cc[nH]c23)NOC=C1. The van der Waals surface area contributed by atoms with Crippen molar-refractivity contribution in [1.29, 1.82) is 0 Å². The van der Waals surface area contributed by atoms with Gasteiger partial charge in [0.2, 0.25) is 0 Å². The molecule has 0 saturated heterocycles. The fourth-order valence-corrected chi connectivity index (χ4v) is 1.88. The van der Waals surface area contributed by atoms with Gasteiger partial charge in [0.25, 0.3) is 0 Å². The molecule has 3 nitrogen and oxygen atoms in total. The Morgan fingerprint density at radius 3 is 2.88 bits per heavy atom. The van der Waals surface area contributed by atoms with Gasteiger partial charge >= 0.3 is 0 Å². The number of hydrogen-bond donors (Lipinski definition) is 2. The molecule has 0 atom stereocenters. The predicted molar refractivity (Wildman–Crippen MR) is 70.3 cm³/mol. The van der Waals surface area contributed by atoms with Crippen molar-refractivity contribution in [3.05, 3.63) is 60.5 Å². The lowest BCUT2D eigenvalue weighted by atomic mass is 10.1. The van der Waals surface area contributed by atoms with E-state index in [0.717, 1.165) is 16.8 Å². The summed E-state index contributed by atoms with van der Waals surface area (Å²) in [5, 5.41) is 1.19. The number of allylic oxidation sites excluding steroid dienone is 4. The van der Waals surface area contributed by atoms with Gasteiger partial charge in [-0.15, -0.1) is 0 Å². The molecule has 0 aliphatic carbocycles. The van der Waals surface area contributed by atoms with Gasteiger partial charge in [-0.3, -0.25) is 0 Å². The number of rotatable bonds is 0. The third-order valence-electron chi connectivity index (χ3n) is 2.68. The first-order valence-corrected chi connectivity index (χ1v) is 5.47. The lowest BCUT2D eigenvalue weighted by molar-refractivity contribution is 0.330. The van der Waals surface area contributed by atoms with E-state index in [4.69, 9.17) is 4.84 Å². The number of aromatic amines is 1. The summed E-state index contributed by atoms with van der Waals surface area (Å²) in [6.45, 7) is 0. The first-order valence-electron chi connectivity index (χ1n) is 5.47. The second-order valence-electron chi connectivity index (χ2n) is 3.76. The lowest BCUT2D eigenvalue weighted by Gasteiger charge is -2.09. The molecule has 1 aromatic heterocycles. The van der Waals surface area contributed by atoms with Gasteiger partial charge in [-0.05, 0) is 18.2 Å². The third-order valence-corrected chi connectivity index (χ3v) is 2.68. The summed E-state index contributed by atoms with van der Waals surface area (Å²) >= 11 is 0. The zero-order valence-electron chi connectivity index (χ0n) is 9.18. The summed E-state index contributed by atoms with van der Waals surface area (Å²) in [5.41, 5.74) is 6.06. The van der Waals surface area contributed by atoms with Gasteiger partial charge in [-0.2, -0.15) is 0 Å². The minimum absolute atomic E-state index is 0.941. The molecule has 3 rings (SSSR count). The van der Waals surface area contributed by atoms with Crippen LogP contribution in [0.2, 0.25) is 0 Å². The van der Waals surface area contributed by atoms with Gasteiger partial charge in [0.15, 0.2) is 0 Å². The van der Waals surface area contributed by atoms with Crippen LogP contribution in [0.5, 0.6) is 0 Å². The van der Waals surface area contributed by atoms with Crippen molar-refractivity contribution in [3.8, 4) is 0 Å². The maximum atomic E-state index is 5.23. The summed E-state index contributed by atoms with van der Waals surface area (Å²) in [6, 6.07) is 6.12. The van der Waals surface area contributed by atoms with Gasteiger partial charge in [0.1, 0.15) is 6.26 Å². The van der Waals surface area contributed by atoms with E-state index in [0.29, 0.717) is 0 Å². The highest BCUT2D eigenvalue weighted by Crippen LogP contribution is 2.26. The van der Waals surface area contributed by atoms with Crippen LogP contribution in [0, 0.1) is 0 Å². The molecule has 0 fully saturated rings. The Kier molecular flexibility index (Phi) is 2.43. The summed E-state index contributed by atoms with van der Waals surface area (Å²) < 4.78 is 0. The van der Waals surface area contributed by atoms with Gasteiger partial charge < -0.3 is 9.82 Å². The molecule has 2 heterocycles. The molecule has 1 aliphatic heterocycles. The van der Waals surface area contributed by atoms with E-state index >= 15 is 0 Å². The number of hydrogen-bond acceptors (Lipinski definition) is 2. The molecule has 2 N–H and O–H groups in total. The number of H-pyrrole nitrogens is 1. The van der Waals surface area contributed by atoms with Crippen molar-refractivity contribution in [1.82, 2.24) is 4.98 Å². The molecule has 0 bridgehead atoms. The van der Waals surface area contributed by atoms with Crippen LogP contribution in [0.1, 0.15) is 5.56 Å². The largest absolute Gasteiger partial charge is 0.390 e. The van der Waals surface area contributed by atoms with Gasteiger partial charge in [-0.1, -0.05) is 30.4 Å². The van der Waals surface area contributed by atoms with Crippen LogP contribution in [0.3, 0.4) is 0 Å². The summed E-state index contributed by atoms with van der Waals surface area (Å²) in [4.78, 5) is 8.48. The van der Waals surface area contributed by atoms with Gasteiger partial charge in [0.05, 0.1) is 11.2 Å². The van der Waals surface area contributed by atoms with E-state index in [1.54, 1.807) is 6.26 Å². The third kappa shape index (κ3) is 1.83. The van der Waals surface area contributed by atoms with Crippen molar-refractivity contribution in [2.45, 2.75) is 0 Å². The highest BCUT2D eigenvalue weighted by Gasteiger charge is 2.06. The minimum atomic E-state index is 0.941. The molecule has 3 heteroatoms. The Labute approximate surface area is 99.1 Å². The van der Waals surface area contributed by atoms with Gasteiger partial charge in [-0.25, -0.2) is 5.48 Å². The van der Waals surface area contributed by atoms with Gasteiger partial charge in [0, 0.05) is 17.1 Å². The molecule has 0 amide bonds. The Hall–Kier alpha value is -2.42.